The van der Waals surface area contributed by atoms with Crippen LogP contribution in [0, 0.1) is 0 Å². The van der Waals surface area contributed by atoms with Crippen LogP contribution in [0.3, 0.4) is 0 Å². The first-order valence-electron chi connectivity index (χ1n) is 8.18. The van der Waals surface area contributed by atoms with Crippen LogP contribution < -0.4 is 4.90 Å². The van der Waals surface area contributed by atoms with Gasteiger partial charge in [-0.15, -0.1) is 0 Å². The molecule has 1 unspecified atom stereocenters. The summed E-state index contributed by atoms with van der Waals surface area (Å²) in [4.78, 5) is 19.1. The fourth-order valence-corrected chi connectivity index (χ4v) is 3.70. The van der Waals surface area contributed by atoms with E-state index >= 15 is 0 Å². The molecule has 0 spiro atoms. The maximum atomic E-state index is 12.5. The zero-order valence-electron chi connectivity index (χ0n) is 13.4. The van der Waals surface area contributed by atoms with Crippen molar-refractivity contribution in [2.24, 2.45) is 0 Å². The van der Waals surface area contributed by atoms with Gasteiger partial charge in [-0.2, -0.15) is 0 Å². The molecule has 0 saturated carbocycles. The van der Waals surface area contributed by atoms with Gasteiger partial charge in [-0.25, -0.2) is 4.98 Å². The third-order valence-electron chi connectivity index (χ3n) is 4.61. The quantitative estimate of drug-likeness (QED) is 0.716. The van der Waals surface area contributed by atoms with Gasteiger partial charge in [0, 0.05) is 36.1 Å². The molecule has 0 aliphatic carbocycles. The first-order valence-corrected chi connectivity index (χ1v) is 8.56. The average molecular weight is 340 g/mol. The van der Waals surface area contributed by atoms with E-state index < -0.39 is 0 Å². The maximum Gasteiger partial charge on any atom is 0.227 e. The van der Waals surface area contributed by atoms with E-state index in [1.807, 2.05) is 47.4 Å². The average Bonchev–Trinajstić information content (AvgIpc) is 3.15. The van der Waals surface area contributed by atoms with Crippen LogP contribution in [0.2, 0.25) is 5.02 Å². The highest BCUT2D eigenvalue weighted by atomic mass is 35.5. The summed E-state index contributed by atoms with van der Waals surface area (Å²) in [6, 6.07) is 15.6. The highest BCUT2D eigenvalue weighted by Gasteiger charge is 2.34. The molecule has 4 rings (SSSR count). The molecular formula is C19H18ClN3O. The molecule has 4 nitrogen and oxygen atoms in total. The Kier molecular flexibility index (Phi) is 3.77. The number of aromatic nitrogens is 2. The molecule has 0 radical (unpaired) electrons. The molecule has 1 aliphatic heterocycles. The minimum atomic E-state index is 0.101. The fraction of sp³-hybridized carbons (Fsp3) is 0.263. The third-order valence-corrected chi connectivity index (χ3v) is 4.85. The van der Waals surface area contributed by atoms with Crippen molar-refractivity contribution in [3.8, 4) is 0 Å². The summed E-state index contributed by atoms with van der Waals surface area (Å²) in [6.45, 7) is 3.60. The van der Waals surface area contributed by atoms with Gasteiger partial charge in [0.2, 0.25) is 5.91 Å². The summed E-state index contributed by atoms with van der Waals surface area (Å²) in [7, 11) is 0. The van der Waals surface area contributed by atoms with Gasteiger partial charge in [0.05, 0.1) is 11.0 Å². The van der Waals surface area contributed by atoms with E-state index in [2.05, 4.69) is 17.6 Å². The first kappa shape index (κ1) is 15.2. The van der Waals surface area contributed by atoms with Gasteiger partial charge < -0.3 is 9.47 Å². The third kappa shape index (κ3) is 2.47. The molecule has 0 bridgehead atoms. The molecule has 2 aromatic carbocycles. The Hall–Kier alpha value is -2.33. The lowest BCUT2D eigenvalue weighted by molar-refractivity contribution is -0.117. The number of carbonyl (C=O) groups is 1. The van der Waals surface area contributed by atoms with Gasteiger partial charge in [-0.3, -0.25) is 4.79 Å². The Morgan fingerprint density at radius 2 is 2.04 bits per heavy atom. The summed E-state index contributed by atoms with van der Waals surface area (Å²) in [6.07, 6.45) is 0.482. The number of hydrogen-bond acceptors (Lipinski definition) is 2. The number of rotatable bonds is 3. The van der Waals surface area contributed by atoms with Gasteiger partial charge in [-0.1, -0.05) is 29.8 Å². The Labute approximate surface area is 145 Å². The van der Waals surface area contributed by atoms with Crippen molar-refractivity contribution in [1.82, 2.24) is 9.55 Å². The van der Waals surface area contributed by atoms with Crippen LogP contribution in [-0.4, -0.2) is 22.0 Å². The lowest BCUT2D eigenvalue weighted by Crippen LogP contribution is -2.24. The second-order valence-corrected chi connectivity index (χ2v) is 6.52. The first-order chi connectivity index (χ1) is 11.7. The summed E-state index contributed by atoms with van der Waals surface area (Å²) < 4.78 is 2.22. The van der Waals surface area contributed by atoms with Crippen LogP contribution in [-0.2, 0) is 11.3 Å². The number of benzene rings is 2. The van der Waals surface area contributed by atoms with Crippen LogP contribution >= 0.6 is 11.6 Å². The zero-order chi connectivity index (χ0) is 16.7. The van der Waals surface area contributed by atoms with Crippen LogP contribution in [0.15, 0.2) is 48.5 Å². The Morgan fingerprint density at radius 1 is 1.21 bits per heavy atom. The van der Waals surface area contributed by atoms with Gasteiger partial charge >= 0.3 is 0 Å². The predicted octanol–water partition coefficient (Wildman–Crippen LogP) is 4.23. The second-order valence-electron chi connectivity index (χ2n) is 6.09. The van der Waals surface area contributed by atoms with E-state index in [4.69, 9.17) is 16.6 Å². The minimum Gasteiger partial charge on any atom is -0.328 e. The molecule has 2 heterocycles. The van der Waals surface area contributed by atoms with E-state index in [1.165, 1.54) is 0 Å². The van der Waals surface area contributed by atoms with Crippen molar-refractivity contribution in [3.63, 3.8) is 0 Å². The highest BCUT2D eigenvalue weighted by Crippen LogP contribution is 2.33. The van der Waals surface area contributed by atoms with Crippen LogP contribution in [0.25, 0.3) is 11.0 Å². The van der Waals surface area contributed by atoms with Crippen molar-refractivity contribution in [1.29, 1.82) is 0 Å². The topological polar surface area (TPSA) is 38.1 Å². The summed E-state index contributed by atoms with van der Waals surface area (Å²) in [5.74, 6) is 1.22. The molecule has 1 atom stereocenters. The van der Waals surface area contributed by atoms with Crippen molar-refractivity contribution in [2.45, 2.75) is 25.8 Å². The zero-order valence-corrected chi connectivity index (χ0v) is 14.2. The standard InChI is InChI=1S/C19H18ClN3O/c1-2-22-17-9-4-3-8-16(17)21-19(22)13-10-18(24)23(12-13)15-7-5-6-14(20)11-15/h3-9,11,13H,2,10,12H2,1H3. The fourth-order valence-electron chi connectivity index (χ4n) is 3.51. The molecule has 122 valence electrons. The van der Waals surface area contributed by atoms with Gasteiger partial charge in [-0.05, 0) is 37.3 Å². The number of hydrogen-bond donors (Lipinski definition) is 0. The van der Waals surface area contributed by atoms with Gasteiger partial charge in [0.1, 0.15) is 5.82 Å². The van der Waals surface area contributed by atoms with E-state index in [-0.39, 0.29) is 11.8 Å². The number of carbonyl (C=O) groups excluding carboxylic acids is 1. The minimum absolute atomic E-state index is 0.101. The molecule has 24 heavy (non-hydrogen) atoms. The van der Waals surface area contributed by atoms with Crippen molar-refractivity contribution >= 4 is 34.2 Å². The molecule has 1 aromatic heterocycles. The smallest absolute Gasteiger partial charge is 0.227 e. The highest BCUT2D eigenvalue weighted by molar-refractivity contribution is 6.30. The number of para-hydroxylation sites is 2. The molecule has 3 aromatic rings. The number of fused-ring (bicyclic) bond motifs is 1. The number of nitrogens with zero attached hydrogens (tertiary/aromatic N) is 3. The summed E-state index contributed by atoms with van der Waals surface area (Å²) >= 11 is 6.07. The Bertz CT molecular complexity index is 918. The Morgan fingerprint density at radius 3 is 2.83 bits per heavy atom. The van der Waals surface area contributed by atoms with E-state index in [1.54, 1.807) is 0 Å². The van der Waals surface area contributed by atoms with Crippen LogP contribution in [0.5, 0.6) is 0 Å². The number of amides is 1. The Balaban J connectivity index is 1.70. The maximum absolute atomic E-state index is 12.5. The number of anilines is 1. The number of imidazole rings is 1. The molecule has 1 fully saturated rings. The van der Waals surface area contributed by atoms with Crippen molar-refractivity contribution < 1.29 is 4.79 Å². The molecular weight excluding hydrogens is 322 g/mol. The molecule has 1 saturated heterocycles. The largest absolute Gasteiger partial charge is 0.328 e. The monoisotopic (exact) mass is 339 g/mol. The van der Waals surface area contributed by atoms with Gasteiger partial charge in [0.25, 0.3) is 0 Å². The van der Waals surface area contributed by atoms with E-state index in [0.29, 0.717) is 18.0 Å². The predicted molar refractivity (Wildman–Crippen MR) is 96.6 cm³/mol. The molecule has 0 N–H and O–H groups in total. The van der Waals surface area contributed by atoms with Gasteiger partial charge in [0.15, 0.2) is 0 Å². The number of halogens is 1. The summed E-state index contributed by atoms with van der Waals surface area (Å²) in [5.41, 5.74) is 2.97. The molecule has 5 heteroatoms. The molecule has 1 aliphatic rings. The normalized spacial score (nSPS) is 17.8. The SMILES string of the molecule is CCn1c(C2CC(=O)N(c3cccc(Cl)c3)C2)nc2ccccc21. The second kappa shape index (κ2) is 5.95. The van der Waals surface area contributed by atoms with E-state index in [9.17, 15) is 4.79 Å². The number of aryl methyl sites for hydroxylation is 1. The van der Waals surface area contributed by atoms with E-state index in [0.717, 1.165) is 29.1 Å². The molecule has 1 amide bonds. The summed E-state index contributed by atoms with van der Waals surface area (Å²) in [5, 5.41) is 0.643. The van der Waals surface area contributed by atoms with Crippen molar-refractivity contribution in [2.75, 3.05) is 11.4 Å². The van der Waals surface area contributed by atoms with Crippen molar-refractivity contribution in [3.05, 3.63) is 59.4 Å². The van der Waals surface area contributed by atoms with Crippen LogP contribution in [0.1, 0.15) is 25.1 Å². The lowest BCUT2D eigenvalue weighted by Gasteiger charge is -2.17. The van der Waals surface area contributed by atoms with Crippen LogP contribution in [0.4, 0.5) is 5.69 Å². The lowest BCUT2D eigenvalue weighted by atomic mass is 10.1.